The van der Waals surface area contributed by atoms with Crippen LogP contribution in [0.25, 0.3) is 0 Å². The van der Waals surface area contributed by atoms with Crippen LogP contribution in [0.1, 0.15) is 53.9 Å². The van der Waals surface area contributed by atoms with Gasteiger partial charge in [-0.05, 0) is 47.1 Å². The Labute approximate surface area is 134 Å². The molecule has 0 saturated carbocycles. The van der Waals surface area contributed by atoms with Crippen LogP contribution in [0, 0.1) is 0 Å². The average molecular weight is 313 g/mol. The summed E-state index contributed by atoms with van der Waals surface area (Å²) in [7, 11) is 0. The first-order valence-electron chi connectivity index (χ1n) is 8.22. The van der Waals surface area contributed by atoms with E-state index in [-0.39, 0.29) is 24.1 Å². The van der Waals surface area contributed by atoms with Gasteiger partial charge in [0.15, 0.2) is 0 Å². The van der Waals surface area contributed by atoms with Crippen LogP contribution < -0.4 is 10.6 Å². The van der Waals surface area contributed by atoms with Crippen LogP contribution in [0.15, 0.2) is 0 Å². The molecule has 1 unspecified atom stereocenters. The average Bonchev–Trinajstić information content (AvgIpc) is 2.37. The van der Waals surface area contributed by atoms with E-state index in [2.05, 4.69) is 10.6 Å². The van der Waals surface area contributed by atoms with Gasteiger partial charge in [0.25, 0.3) is 0 Å². The number of amides is 2. The summed E-state index contributed by atoms with van der Waals surface area (Å²) >= 11 is 0. The molecule has 1 heterocycles. The molecule has 1 atom stereocenters. The number of piperidine rings is 1. The van der Waals surface area contributed by atoms with Gasteiger partial charge in [-0.15, -0.1) is 0 Å². The third-order valence-corrected chi connectivity index (χ3v) is 3.60. The van der Waals surface area contributed by atoms with Crippen LogP contribution in [-0.2, 0) is 9.53 Å². The molecule has 0 spiro atoms. The maximum absolute atomic E-state index is 12.2. The van der Waals surface area contributed by atoms with Crippen LogP contribution in [0.2, 0.25) is 0 Å². The lowest BCUT2D eigenvalue weighted by atomic mass is 10.0. The van der Waals surface area contributed by atoms with Gasteiger partial charge in [-0.25, -0.2) is 4.79 Å². The van der Waals surface area contributed by atoms with Gasteiger partial charge in [-0.2, -0.15) is 0 Å². The van der Waals surface area contributed by atoms with Gasteiger partial charge >= 0.3 is 6.09 Å². The molecule has 2 N–H and O–H groups in total. The molecule has 1 fully saturated rings. The lowest BCUT2D eigenvalue weighted by Crippen LogP contribution is -2.48. The number of carbonyl (C=O) groups is 2. The van der Waals surface area contributed by atoms with Crippen molar-refractivity contribution in [3.8, 4) is 0 Å². The van der Waals surface area contributed by atoms with Gasteiger partial charge in [0.2, 0.25) is 5.91 Å². The summed E-state index contributed by atoms with van der Waals surface area (Å²) in [6, 6.07) is 0.292. The van der Waals surface area contributed by atoms with Crippen molar-refractivity contribution in [2.24, 2.45) is 0 Å². The monoisotopic (exact) mass is 313 g/mol. The Hall–Kier alpha value is -1.30. The van der Waals surface area contributed by atoms with E-state index in [9.17, 15) is 9.59 Å². The third-order valence-electron chi connectivity index (χ3n) is 3.60. The fourth-order valence-corrected chi connectivity index (χ4v) is 2.56. The molecule has 0 aromatic heterocycles. The Morgan fingerprint density at radius 2 is 1.86 bits per heavy atom. The van der Waals surface area contributed by atoms with Crippen molar-refractivity contribution in [1.29, 1.82) is 0 Å². The summed E-state index contributed by atoms with van der Waals surface area (Å²) in [5, 5.41) is 6.14. The highest BCUT2D eigenvalue weighted by atomic mass is 16.6. The third kappa shape index (κ3) is 7.11. The summed E-state index contributed by atoms with van der Waals surface area (Å²) in [4.78, 5) is 25.8. The second-order valence-electron chi connectivity index (χ2n) is 6.96. The molecule has 22 heavy (non-hydrogen) atoms. The van der Waals surface area contributed by atoms with Crippen molar-refractivity contribution in [2.45, 2.75) is 71.6 Å². The molecule has 1 aliphatic rings. The minimum atomic E-state index is -0.483. The smallest absolute Gasteiger partial charge is 0.407 e. The fraction of sp³-hybridized carbons (Fsp3) is 0.875. The number of hydrogen-bond donors (Lipinski definition) is 2. The van der Waals surface area contributed by atoms with Crippen molar-refractivity contribution in [3.63, 3.8) is 0 Å². The molecule has 2 amide bonds. The number of nitrogens with one attached hydrogen (secondary N) is 2. The lowest BCUT2D eigenvalue weighted by Gasteiger charge is -2.33. The summed E-state index contributed by atoms with van der Waals surface area (Å²) in [6.07, 6.45) is 1.71. The van der Waals surface area contributed by atoms with E-state index in [4.69, 9.17) is 4.74 Å². The van der Waals surface area contributed by atoms with E-state index < -0.39 is 5.60 Å². The highest BCUT2D eigenvalue weighted by molar-refractivity contribution is 5.77. The Morgan fingerprint density at radius 3 is 2.36 bits per heavy atom. The summed E-state index contributed by atoms with van der Waals surface area (Å²) in [5.41, 5.74) is -0.483. The van der Waals surface area contributed by atoms with Gasteiger partial charge in [-0.3, -0.25) is 4.79 Å². The first kappa shape index (κ1) is 18.7. The molecule has 128 valence electrons. The predicted octanol–water partition coefficient (Wildman–Crippen LogP) is 1.89. The Morgan fingerprint density at radius 1 is 1.27 bits per heavy atom. The zero-order valence-corrected chi connectivity index (χ0v) is 14.6. The molecule has 0 aromatic rings. The zero-order chi connectivity index (χ0) is 16.8. The topological polar surface area (TPSA) is 70.7 Å². The number of nitrogens with zero attached hydrogens (tertiary/aromatic N) is 1. The predicted molar refractivity (Wildman–Crippen MR) is 86.7 cm³/mol. The SMILES string of the molecule is CCNC(C)CC(=O)N1CCC(NC(=O)OC(C)(C)C)CC1. The first-order chi connectivity index (χ1) is 10.2. The standard InChI is InChI=1S/C16H31N3O3/c1-6-17-12(2)11-14(20)19-9-7-13(8-10-19)18-15(21)22-16(3,4)5/h12-13,17H,6-11H2,1-5H3,(H,18,21). The van der Waals surface area contributed by atoms with Crippen molar-refractivity contribution in [3.05, 3.63) is 0 Å². The molecule has 1 aliphatic heterocycles. The molecule has 0 bridgehead atoms. The first-order valence-corrected chi connectivity index (χ1v) is 8.22. The van der Waals surface area contributed by atoms with E-state index in [1.54, 1.807) is 0 Å². The van der Waals surface area contributed by atoms with E-state index in [0.717, 1.165) is 19.4 Å². The van der Waals surface area contributed by atoms with E-state index in [0.29, 0.717) is 19.5 Å². The number of hydrogen-bond acceptors (Lipinski definition) is 4. The quantitative estimate of drug-likeness (QED) is 0.813. The number of ether oxygens (including phenoxy) is 1. The van der Waals surface area contributed by atoms with Crippen LogP contribution in [0.3, 0.4) is 0 Å². The van der Waals surface area contributed by atoms with Crippen LogP contribution >= 0.6 is 0 Å². The highest BCUT2D eigenvalue weighted by Gasteiger charge is 2.26. The minimum absolute atomic E-state index is 0.0880. The van der Waals surface area contributed by atoms with Crippen molar-refractivity contribution < 1.29 is 14.3 Å². The Balaban J connectivity index is 2.31. The highest BCUT2D eigenvalue weighted by Crippen LogP contribution is 2.13. The van der Waals surface area contributed by atoms with Crippen molar-refractivity contribution >= 4 is 12.0 Å². The van der Waals surface area contributed by atoms with Gasteiger partial charge in [0, 0.05) is 31.6 Å². The lowest BCUT2D eigenvalue weighted by molar-refractivity contribution is -0.132. The van der Waals surface area contributed by atoms with Crippen LogP contribution in [-0.4, -0.2) is 54.2 Å². The maximum atomic E-state index is 12.2. The summed E-state index contributed by atoms with van der Waals surface area (Å²) < 4.78 is 5.26. The summed E-state index contributed by atoms with van der Waals surface area (Å²) in [6.45, 7) is 11.9. The van der Waals surface area contributed by atoms with Gasteiger partial charge in [0.1, 0.15) is 5.60 Å². The van der Waals surface area contributed by atoms with E-state index in [1.165, 1.54) is 0 Å². The number of rotatable bonds is 5. The minimum Gasteiger partial charge on any atom is -0.444 e. The van der Waals surface area contributed by atoms with Crippen LogP contribution in [0.4, 0.5) is 4.79 Å². The molecule has 1 rings (SSSR count). The van der Waals surface area contributed by atoms with Gasteiger partial charge in [0.05, 0.1) is 0 Å². The second-order valence-corrected chi connectivity index (χ2v) is 6.96. The Bertz CT molecular complexity index is 371. The maximum Gasteiger partial charge on any atom is 0.407 e. The molecule has 0 aromatic carbocycles. The molecule has 6 heteroatoms. The number of likely N-dealkylation sites (tertiary alicyclic amines) is 1. The van der Waals surface area contributed by atoms with Gasteiger partial charge < -0.3 is 20.3 Å². The van der Waals surface area contributed by atoms with Crippen molar-refractivity contribution in [2.75, 3.05) is 19.6 Å². The largest absolute Gasteiger partial charge is 0.444 e. The number of carbonyl (C=O) groups excluding carboxylic acids is 2. The molecular weight excluding hydrogens is 282 g/mol. The van der Waals surface area contributed by atoms with Crippen LogP contribution in [0.5, 0.6) is 0 Å². The molecule has 0 radical (unpaired) electrons. The molecular formula is C16H31N3O3. The molecule has 1 saturated heterocycles. The van der Waals surface area contributed by atoms with Crippen molar-refractivity contribution in [1.82, 2.24) is 15.5 Å². The number of alkyl carbamates (subject to hydrolysis) is 1. The summed E-state index contributed by atoms with van der Waals surface area (Å²) in [5.74, 6) is 0.184. The molecule has 6 nitrogen and oxygen atoms in total. The second kappa shape index (κ2) is 8.36. The fourth-order valence-electron chi connectivity index (χ4n) is 2.56. The molecule has 0 aliphatic carbocycles. The zero-order valence-electron chi connectivity index (χ0n) is 14.6. The van der Waals surface area contributed by atoms with E-state index >= 15 is 0 Å². The Kier molecular flexibility index (Phi) is 7.13. The van der Waals surface area contributed by atoms with Gasteiger partial charge in [-0.1, -0.05) is 6.92 Å². The normalized spacial score (nSPS) is 18.0. The van der Waals surface area contributed by atoms with E-state index in [1.807, 2.05) is 39.5 Å².